The molecule has 0 fully saturated rings. The van der Waals surface area contributed by atoms with Crippen LogP contribution < -0.4 is 15.7 Å². The topological polar surface area (TPSA) is 124 Å². The maximum absolute atomic E-state index is 13.0. The molecule has 4 N–H and O–H groups in total. The molecule has 0 aliphatic carbocycles. The molecular weight excluding hydrogens is 411 g/mol. The molecule has 0 saturated carbocycles. The highest BCUT2D eigenvalue weighted by Crippen LogP contribution is 2.19. The summed E-state index contributed by atoms with van der Waals surface area (Å²) in [5, 5.41) is 2.66. The van der Waals surface area contributed by atoms with E-state index in [1.165, 1.54) is 36.4 Å². The standard InChI is InChI=1S/C20H15FN4O4S/c21-13-4-6-14(7-5-13)25-30(28,29)16-3-1-2-12(10-16)19(26)22-15-8-9-17-18(11-15)24-20(27)23-17/h1-11,25H,(H,22,26)(H2,23,24,27). The fraction of sp³-hybridized carbons (Fsp3) is 0. The van der Waals surface area contributed by atoms with E-state index in [2.05, 4.69) is 20.0 Å². The molecule has 1 heterocycles. The summed E-state index contributed by atoms with van der Waals surface area (Å²) in [5.74, 6) is -1.01. The van der Waals surface area contributed by atoms with Gasteiger partial charge in [-0.25, -0.2) is 17.6 Å². The van der Waals surface area contributed by atoms with Crippen molar-refractivity contribution in [1.82, 2.24) is 9.97 Å². The van der Waals surface area contributed by atoms with E-state index in [0.29, 0.717) is 16.7 Å². The molecule has 0 saturated heterocycles. The number of sulfonamides is 1. The second-order valence-corrected chi connectivity index (χ2v) is 8.12. The SMILES string of the molecule is O=C(Nc1ccc2[nH]c(=O)[nH]c2c1)c1cccc(S(=O)(=O)Nc2ccc(F)cc2)c1. The second-order valence-electron chi connectivity index (χ2n) is 6.43. The van der Waals surface area contributed by atoms with Gasteiger partial charge in [0.2, 0.25) is 0 Å². The van der Waals surface area contributed by atoms with Crippen LogP contribution in [0.15, 0.2) is 76.4 Å². The smallest absolute Gasteiger partial charge is 0.322 e. The van der Waals surface area contributed by atoms with Gasteiger partial charge in [-0.1, -0.05) is 6.07 Å². The Balaban J connectivity index is 1.56. The van der Waals surface area contributed by atoms with Crippen LogP contribution in [0.5, 0.6) is 0 Å². The van der Waals surface area contributed by atoms with E-state index in [1.807, 2.05) is 0 Å². The first-order valence-electron chi connectivity index (χ1n) is 8.72. The number of carbonyl (C=O) groups is 1. The van der Waals surface area contributed by atoms with Gasteiger partial charge >= 0.3 is 5.69 Å². The lowest BCUT2D eigenvalue weighted by molar-refractivity contribution is 0.102. The number of halogens is 1. The molecule has 152 valence electrons. The largest absolute Gasteiger partial charge is 0.323 e. The number of nitrogens with one attached hydrogen (secondary N) is 4. The molecule has 1 aromatic heterocycles. The summed E-state index contributed by atoms with van der Waals surface area (Å²) in [5.41, 5.74) is 1.51. The van der Waals surface area contributed by atoms with Crippen molar-refractivity contribution < 1.29 is 17.6 Å². The van der Waals surface area contributed by atoms with Gasteiger partial charge < -0.3 is 15.3 Å². The zero-order valence-electron chi connectivity index (χ0n) is 15.3. The molecule has 0 unspecified atom stereocenters. The number of benzene rings is 3. The van der Waals surface area contributed by atoms with E-state index in [9.17, 15) is 22.4 Å². The summed E-state index contributed by atoms with van der Waals surface area (Å²) < 4.78 is 40.5. The van der Waals surface area contributed by atoms with Crippen molar-refractivity contribution in [3.63, 3.8) is 0 Å². The average Bonchev–Trinajstić information content (AvgIpc) is 3.09. The van der Waals surface area contributed by atoms with E-state index in [-0.39, 0.29) is 21.8 Å². The first-order chi connectivity index (χ1) is 14.3. The number of rotatable bonds is 5. The molecule has 10 heteroatoms. The highest BCUT2D eigenvalue weighted by atomic mass is 32.2. The number of hydrogen-bond acceptors (Lipinski definition) is 4. The van der Waals surface area contributed by atoms with Crippen LogP contribution in [0.4, 0.5) is 15.8 Å². The van der Waals surface area contributed by atoms with Gasteiger partial charge in [0.1, 0.15) is 5.82 Å². The van der Waals surface area contributed by atoms with Gasteiger partial charge in [-0.2, -0.15) is 0 Å². The van der Waals surface area contributed by atoms with Gasteiger partial charge in [-0.15, -0.1) is 0 Å². The van der Waals surface area contributed by atoms with Crippen LogP contribution >= 0.6 is 0 Å². The summed E-state index contributed by atoms with van der Waals surface area (Å²) >= 11 is 0. The molecule has 0 atom stereocenters. The third kappa shape index (κ3) is 4.08. The minimum absolute atomic E-state index is 0.120. The van der Waals surface area contributed by atoms with Crippen LogP contribution in [0.2, 0.25) is 0 Å². The Bertz CT molecular complexity index is 1410. The van der Waals surface area contributed by atoms with Crippen LogP contribution in [-0.2, 0) is 10.0 Å². The first kappa shape index (κ1) is 19.4. The Hall–Kier alpha value is -3.92. The number of H-pyrrole nitrogens is 2. The lowest BCUT2D eigenvalue weighted by Gasteiger charge is -2.10. The van der Waals surface area contributed by atoms with Crippen molar-refractivity contribution in [2.24, 2.45) is 0 Å². The Morgan fingerprint density at radius 2 is 1.57 bits per heavy atom. The number of anilines is 2. The van der Waals surface area contributed by atoms with Gasteiger partial charge in [-0.3, -0.25) is 9.52 Å². The molecule has 0 spiro atoms. The molecule has 8 nitrogen and oxygen atoms in total. The zero-order chi connectivity index (χ0) is 21.3. The first-order valence-corrected chi connectivity index (χ1v) is 10.2. The van der Waals surface area contributed by atoms with Gasteiger partial charge in [0.05, 0.1) is 15.9 Å². The van der Waals surface area contributed by atoms with E-state index < -0.39 is 21.7 Å². The van der Waals surface area contributed by atoms with E-state index >= 15 is 0 Å². The van der Waals surface area contributed by atoms with Crippen LogP contribution in [0, 0.1) is 5.82 Å². The molecule has 0 radical (unpaired) electrons. The van der Waals surface area contributed by atoms with Gasteiger partial charge in [0.15, 0.2) is 0 Å². The molecule has 30 heavy (non-hydrogen) atoms. The summed E-state index contributed by atoms with van der Waals surface area (Å²) in [6, 6.07) is 15.2. The Morgan fingerprint density at radius 1 is 0.867 bits per heavy atom. The minimum atomic E-state index is -3.98. The van der Waals surface area contributed by atoms with Crippen molar-refractivity contribution in [1.29, 1.82) is 0 Å². The monoisotopic (exact) mass is 426 g/mol. The van der Waals surface area contributed by atoms with E-state index in [1.54, 1.807) is 18.2 Å². The van der Waals surface area contributed by atoms with E-state index in [4.69, 9.17) is 0 Å². The second kappa shape index (κ2) is 7.48. The fourth-order valence-electron chi connectivity index (χ4n) is 2.85. The molecule has 4 rings (SSSR count). The third-order valence-corrected chi connectivity index (χ3v) is 5.66. The van der Waals surface area contributed by atoms with Crippen molar-refractivity contribution in [3.05, 3.63) is 88.6 Å². The van der Waals surface area contributed by atoms with Gasteiger partial charge in [0.25, 0.3) is 15.9 Å². The molecule has 0 bridgehead atoms. The van der Waals surface area contributed by atoms with Crippen LogP contribution in [-0.4, -0.2) is 24.3 Å². The summed E-state index contributed by atoms with van der Waals surface area (Å²) in [7, 11) is -3.98. The third-order valence-electron chi connectivity index (χ3n) is 4.28. The zero-order valence-corrected chi connectivity index (χ0v) is 16.1. The predicted octanol–water partition coefficient (Wildman–Crippen LogP) is 3.05. The van der Waals surface area contributed by atoms with Crippen molar-refractivity contribution >= 4 is 38.3 Å². The van der Waals surface area contributed by atoms with Crippen molar-refractivity contribution in [2.75, 3.05) is 10.0 Å². The molecular formula is C20H15FN4O4S. The number of amides is 1. The molecule has 3 aromatic carbocycles. The Morgan fingerprint density at radius 3 is 2.33 bits per heavy atom. The maximum Gasteiger partial charge on any atom is 0.323 e. The maximum atomic E-state index is 13.0. The molecule has 0 aliphatic rings. The lowest BCUT2D eigenvalue weighted by Crippen LogP contribution is -2.16. The fourth-order valence-corrected chi connectivity index (χ4v) is 3.95. The van der Waals surface area contributed by atoms with Crippen LogP contribution in [0.3, 0.4) is 0 Å². The number of fused-ring (bicyclic) bond motifs is 1. The minimum Gasteiger partial charge on any atom is -0.322 e. The van der Waals surface area contributed by atoms with Gasteiger partial charge in [0, 0.05) is 16.9 Å². The van der Waals surface area contributed by atoms with Crippen molar-refractivity contribution in [2.45, 2.75) is 4.90 Å². The molecule has 4 aromatic rings. The summed E-state index contributed by atoms with van der Waals surface area (Å²) in [4.78, 5) is 29.0. The molecule has 1 amide bonds. The highest BCUT2D eigenvalue weighted by molar-refractivity contribution is 7.92. The average molecular weight is 426 g/mol. The summed E-state index contributed by atoms with van der Waals surface area (Å²) in [6.45, 7) is 0. The molecule has 0 aliphatic heterocycles. The van der Waals surface area contributed by atoms with Crippen LogP contribution in [0.25, 0.3) is 11.0 Å². The lowest BCUT2D eigenvalue weighted by atomic mass is 10.2. The van der Waals surface area contributed by atoms with Gasteiger partial charge in [-0.05, 0) is 60.7 Å². The number of carbonyl (C=O) groups excluding carboxylic acids is 1. The number of aromatic amines is 2. The number of hydrogen-bond donors (Lipinski definition) is 4. The Labute approximate surface area is 169 Å². The van der Waals surface area contributed by atoms with Crippen molar-refractivity contribution in [3.8, 4) is 0 Å². The number of aromatic nitrogens is 2. The normalized spacial score (nSPS) is 11.4. The van der Waals surface area contributed by atoms with Crippen LogP contribution in [0.1, 0.15) is 10.4 Å². The number of imidazole rings is 1. The predicted molar refractivity (Wildman–Crippen MR) is 111 cm³/mol. The quantitative estimate of drug-likeness (QED) is 0.392. The Kier molecular flexibility index (Phi) is 4.84. The summed E-state index contributed by atoms with van der Waals surface area (Å²) in [6.07, 6.45) is 0. The van der Waals surface area contributed by atoms with E-state index in [0.717, 1.165) is 12.1 Å². The highest BCUT2D eigenvalue weighted by Gasteiger charge is 2.17.